The summed E-state index contributed by atoms with van der Waals surface area (Å²) < 4.78 is 37.9. The lowest BCUT2D eigenvalue weighted by Gasteiger charge is -2.34. The number of aromatic amines is 1. The van der Waals surface area contributed by atoms with Crippen molar-refractivity contribution in [2.75, 3.05) is 36.4 Å². The van der Waals surface area contributed by atoms with Crippen LogP contribution in [0.3, 0.4) is 0 Å². The van der Waals surface area contributed by atoms with Gasteiger partial charge in [-0.2, -0.15) is 13.2 Å². The molecule has 0 aliphatic carbocycles. The van der Waals surface area contributed by atoms with E-state index >= 15 is 0 Å². The molecule has 0 bridgehead atoms. The number of hydrogen-bond donors (Lipinski definition) is 2. The van der Waals surface area contributed by atoms with Gasteiger partial charge in [-0.1, -0.05) is 6.07 Å². The van der Waals surface area contributed by atoms with Crippen LogP contribution in [-0.2, 0) is 6.18 Å². The van der Waals surface area contributed by atoms with Crippen LogP contribution in [-0.4, -0.2) is 47.1 Å². The fourth-order valence-corrected chi connectivity index (χ4v) is 3.33. The molecule has 1 fully saturated rings. The number of aromatic nitrogens is 2. The summed E-state index contributed by atoms with van der Waals surface area (Å²) in [5, 5.41) is 2.65. The zero-order valence-corrected chi connectivity index (χ0v) is 15.8. The lowest BCUT2D eigenvalue weighted by molar-refractivity contribution is -0.137. The first-order chi connectivity index (χ1) is 13.8. The zero-order valence-electron chi connectivity index (χ0n) is 15.8. The Hall–Kier alpha value is -3.23. The van der Waals surface area contributed by atoms with Gasteiger partial charge >= 0.3 is 12.2 Å². The molecule has 0 saturated carbocycles. The number of urea groups is 1. The number of anilines is 2. The molecule has 0 spiro atoms. The van der Waals surface area contributed by atoms with Gasteiger partial charge in [-0.3, -0.25) is 0 Å². The van der Waals surface area contributed by atoms with E-state index in [9.17, 15) is 18.0 Å². The number of aryl methyl sites for hydroxylation is 1. The highest BCUT2D eigenvalue weighted by atomic mass is 19.4. The van der Waals surface area contributed by atoms with Gasteiger partial charge in [0.25, 0.3) is 0 Å². The normalized spacial score (nSPS) is 15.0. The molecule has 1 aromatic heterocycles. The molecule has 29 heavy (non-hydrogen) atoms. The van der Waals surface area contributed by atoms with Crippen molar-refractivity contribution in [1.82, 2.24) is 14.9 Å². The van der Waals surface area contributed by atoms with Crippen molar-refractivity contribution in [2.45, 2.75) is 13.1 Å². The molecule has 2 heterocycles. The van der Waals surface area contributed by atoms with Gasteiger partial charge in [0, 0.05) is 31.9 Å². The second-order valence-corrected chi connectivity index (χ2v) is 7.06. The fraction of sp³-hybridized carbons (Fsp3) is 0.300. The maximum atomic E-state index is 12.6. The summed E-state index contributed by atoms with van der Waals surface area (Å²) in [7, 11) is 0. The van der Waals surface area contributed by atoms with Crippen molar-refractivity contribution in [3.63, 3.8) is 0 Å². The molecule has 1 aliphatic rings. The predicted octanol–water partition coefficient (Wildman–Crippen LogP) is 4.24. The number of imidazole rings is 1. The van der Waals surface area contributed by atoms with E-state index in [1.807, 2.05) is 25.1 Å². The molecule has 0 radical (unpaired) electrons. The number of rotatable bonds is 2. The number of hydrogen-bond acceptors (Lipinski definition) is 3. The molecule has 6 nitrogen and oxygen atoms in total. The number of piperazine rings is 1. The molecular weight excluding hydrogens is 383 g/mol. The van der Waals surface area contributed by atoms with E-state index < -0.39 is 11.7 Å². The van der Waals surface area contributed by atoms with Gasteiger partial charge < -0.3 is 20.1 Å². The van der Waals surface area contributed by atoms with Crippen LogP contribution in [0.2, 0.25) is 0 Å². The van der Waals surface area contributed by atoms with Crippen LogP contribution >= 0.6 is 0 Å². The number of nitrogens with zero attached hydrogens (tertiary/aromatic N) is 3. The second-order valence-electron chi connectivity index (χ2n) is 7.06. The maximum Gasteiger partial charge on any atom is 0.416 e. The first kappa shape index (κ1) is 19.1. The van der Waals surface area contributed by atoms with Crippen LogP contribution in [0, 0.1) is 6.92 Å². The molecule has 4 rings (SSSR count). The molecule has 152 valence electrons. The molecule has 9 heteroatoms. The SMILES string of the molecule is Cc1ccc2nc(N3CCN(C(=O)Nc4ccc(C(F)(F)F)cc4)CC3)[nH]c2c1. The lowest BCUT2D eigenvalue weighted by atomic mass is 10.2. The number of fused-ring (bicyclic) bond motifs is 1. The number of carbonyl (C=O) groups is 1. The van der Waals surface area contributed by atoms with Gasteiger partial charge in [-0.25, -0.2) is 9.78 Å². The third-order valence-corrected chi connectivity index (χ3v) is 4.95. The smallest absolute Gasteiger partial charge is 0.339 e. The van der Waals surface area contributed by atoms with Gasteiger partial charge in [-0.15, -0.1) is 0 Å². The van der Waals surface area contributed by atoms with Gasteiger partial charge in [0.2, 0.25) is 5.95 Å². The molecule has 0 atom stereocenters. The summed E-state index contributed by atoms with van der Waals surface area (Å²) >= 11 is 0. The van der Waals surface area contributed by atoms with Crippen LogP contribution < -0.4 is 10.2 Å². The monoisotopic (exact) mass is 403 g/mol. The largest absolute Gasteiger partial charge is 0.416 e. The van der Waals surface area contributed by atoms with Crippen LogP contribution in [0.1, 0.15) is 11.1 Å². The van der Waals surface area contributed by atoms with Crippen molar-refractivity contribution < 1.29 is 18.0 Å². The minimum absolute atomic E-state index is 0.329. The number of amides is 2. The topological polar surface area (TPSA) is 64.3 Å². The molecule has 0 unspecified atom stereocenters. The average Bonchev–Trinajstić information content (AvgIpc) is 3.11. The Labute approximate surface area is 165 Å². The Balaban J connectivity index is 1.35. The van der Waals surface area contributed by atoms with E-state index in [2.05, 4.69) is 20.2 Å². The van der Waals surface area contributed by atoms with Crippen molar-refractivity contribution in [3.05, 3.63) is 53.6 Å². The molecule has 2 amide bonds. The Kier molecular flexibility index (Phi) is 4.81. The van der Waals surface area contributed by atoms with Crippen molar-refractivity contribution in [1.29, 1.82) is 0 Å². The molecule has 1 aliphatic heterocycles. The highest BCUT2D eigenvalue weighted by Crippen LogP contribution is 2.30. The summed E-state index contributed by atoms with van der Waals surface area (Å²) in [6.45, 7) is 4.22. The van der Waals surface area contributed by atoms with E-state index in [-0.39, 0.29) is 6.03 Å². The highest BCUT2D eigenvalue weighted by Gasteiger charge is 2.30. The summed E-state index contributed by atoms with van der Waals surface area (Å²) in [5.41, 5.74) is 2.61. The van der Waals surface area contributed by atoms with E-state index in [0.717, 1.165) is 34.7 Å². The zero-order chi connectivity index (χ0) is 20.6. The van der Waals surface area contributed by atoms with Crippen LogP contribution in [0.15, 0.2) is 42.5 Å². The average molecular weight is 403 g/mol. The van der Waals surface area contributed by atoms with Crippen molar-refractivity contribution in [3.8, 4) is 0 Å². The van der Waals surface area contributed by atoms with Gasteiger partial charge in [0.05, 0.1) is 16.6 Å². The Bertz CT molecular complexity index is 1020. The molecule has 3 aromatic rings. The van der Waals surface area contributed by atoms with E-state index in [4.69, 9.17) is 0 Å². The number of H-pyrrole nitrogens is 1. The van der Waals surface area contributed by atoms with Crippen LogP contribution in [0.5, 0.6) is 0 Å². The fourth-order valence-electron chi connectivity index (χ4n) is 3.33. The summed E-state index contributed by atoms with van der Waals surface area (Å²) in [5.74, 6) is 0.772. The van der Waals surface area contributed by atoms with E-state index in [1.54, 1.807) is 4.90 Å². The molecular formula is C20H20F3N5O. The quantitative estimate of drug-likeness (QED) is 0.673. The number of nitrogens with one attached hydrogen (secondary N) is 2. The van der Waals surface area contributed by atoms with Crippen molar-refractivity contribution in [2.24, 2.45) is 0 Å². The van der Waals surface area contributed by atoms with E-state index in [0.29, 0.717) is 31.9 Å². The Morgan fingerprint density at radius 1 is 1.07 bits per heavy atom. The van der Waals surface area contributed by atoms with Gasteiger partial charge in [0.15, 0.2) is 0 Å². The third kappa shape index (κ3) is 4.13. The third-order valence-electron chi connectivity index (χ3n) is 4.95. The molecule has 2 N–H and O–H groups in total. The number of alkyl halides is 3. The predicted molar refractivity (Wildman–Crippen MR) is 105 cm³/mol. The molecule has 1 saturated heterocycles. The minimum Gasteiger partial charge on any atom is -0.339 e. The number of benzene rings is 2. The summed E-state index contributed by atoms with van der Waals surface area (Å²) in [6, 6.07) is 10.1. The Morgan fingerprint density at radius 2 is 1.76 bits per heavy atom. The standard InChI is InChI=1S/C20H20F3N5O/c1-13-2-7-16-17(12-13)26-18(25-16)27-8-10-28(11-9-27)19(29)24-15-5-3-14(4-6-15)20(21,22)23/h2-7,12H,8-11H2,1H3,(H,24,29)(H,25,26). The van der Waals surface area contributed by atoms with Gasteiger partial charge in [-0.05, 0) is 48.9 Å². The number of halogens is 3. The Morgan fingerprint density at radius 3 is 2.41 bits per heavy atom. The second kappa shape index (κ2) is 7.31. The minimum atomic E-state index is -4.39. The first-order valence-corrected chi connectivity index (χ1v) is 9.24. The maximum absolute atomic E-state index is 12.6. The van der Waals surface area contributed by atoms with Crippen molar-refractivity contribution >= 4 is 28.7 Å². The van der Waals surface area contributed by atoms with Gasteiger partial charge in [0.1, 0.15) is 0 Å². The molecule has 2 aromatic carbocycles. The summed E-state index contributed by atoms with van der Waals surface area (Å²) in [6.07, 6.45) is -4.39. The summed E-state index contributed by atoms with van der Waals surface area (Å²) in [4.78, 5) is 24.1. The highest BCUT2D eigenvalue weighted by molar-refractivity contribution is 5.89. The van der Waals surface area contributed by atoms with E-state index in [1.165, 1.54) is 12.1 Å². The first-order valence-electron chi connectivity index (χ1n) is 9.24. The number of carbonyl (C=O) groups excluding carboxylic acids is 1. The van der Waals surface area contributed by atoms with Crippen LogP contribution in [0.25, 0.3) is 11.0 Å². The van der Waals surface area contributed by atoms with Crippen LogP contribution in [0.4, 0.5) is 29.6 Å². The lowest BCUT2D eigenvalue weighted by Crippen LogP contribution is -2.50.